The number of halogens is 2. The first-order valence-corrected chi connectivity index (χ1v) is 7.96. The first-order chi connectivity index (χ1) is 9.45. The van der Waals surface area contributed by atoms with Crippen molar-refractivity contribution in [3.63, 3.8) is 0 Å². The Labute approximate surface area is 140 Å². The summed E-state index contributed by atoms with van der Waals surface area (Å²) >= 11 is 5.59. The number of carbonyl (C=O) groups excluding carboxylic acids is 1. The van der Waals surface area contributed by atoms with E-state index in [4.69, 9.17) is 4.74 Å². The SMILES string of the molecule is COc1c(C(=O)c2cc(Br)ccc2I)ccc(C)c1C. The van der Waals surface area contributed by atoms with Gasteiger partial charge < -0.3 is 4.74 Å². The first kappa shape index (κ1) is 15.5. The van der Waals surface area contributed by atoms with Gasteiger partial charge in [0.05, 0.1) is 12.7 Å². The highest BCUT2D eigenvalue weighted by Gasteiger charge is 2.19. The van der Waals surface area contributed by atoms with E-state index in [0.29, 0.717) is 16.9 Å². The Balaban J connectivity index is 2.59. The molecule has 2 nitrogen and oxygen atoms in total. The molecule has 2 aromatic rings. The highest BCUT2D eigenvalue weighted by atomic mass is 127. The molecule has 0 radical (unpaired) electrons. The Morgan fingerprint density at radius 1 is 1.15 bits per heavy atom. The monoisotopic (exact) mass is 444 g/mol. The Bertz CT molecular complexity index is 680. The maximum absolute atomic E-state index is 12.8. The van der Waals surface area contributed by atoms with Crippen molar-refractivity contribution in [3.05, 3.63) is 60.6 Å². The molecule has 4 heteroatoms. The van der Waals surface area contributed by atoms with Crippen LogP contribution >= 0.6 is 38.5 Å². The standard InChI is InChI=1S/C16H14BrIO2/c1-9-4-6-12(16(20-3)10(9)2)15(19)13-8-11(17)5-7-14(13)18/h4-8H,1-3H3. The van der Waals surface area contributed by atoms with Crippen molar-refractivity contribution >= 4 is 44.3 Å². The lowest BCUT2D eigenvalue weighted by Gasteiger charge is -2.13. The summed E-state index contributed by atoms with van der Waals surface area (Å²) in [4.78, 5) is 12.8. The quantitative estimate of drug-likeness (QED) is 0.496. The van der Waals surface area contributed by atoms with Crippen molar-refractivity contribution in [2.75, 3.05) is 7.11 Å². The van der Waals surface area contributed by atoms with Gasteiger partial charge in [-0.15, -0.1) is 0 Å². The number of methoxy groups -OCH3 is 1. The average molecular weight is 445 g/mol. The number of rotatable bonds is 3. The Kier molecular flexibility index (Phi) is 4.86. The summed E-state index contributed by atoms with van der Waals surface area (Å²) in [7, 11) is 1.60. The molecule has 0 amide bonds. The van der Waals surface area contributed by atoms with Crippen LogP contribution in [0.15, 0.2) is 34.8 Å². The lowest BCUT2D eigenvalue weighted by atomic mass is 9.98. The molecule has 0 spiro atoms. The summed E-state index contributed by atoms with van der Waals surface area (Å²) in [5.41, 5.74) is 3.40. The van der Waals surface area contributed by atoms with Crippen LogP contribution in [0.25, 0.3) is 0 Å². The highest BCUT2D eigenvalue weighted by Crippen LogP contribution is 2.30. The molecular weight excluding hydrogens is 431 g/mol. The van der Waals surface area contributed by atoms with Crippen LogP contribution in [0.5, 0.6) is 5.75 Å². The van der Waals surface area contributed by atoms with Crippen LogP contribution in [0, 0.1) is 17.4 Å². The maximum atomic E-state index is 12.8. The lowest BCUT2D eigenvalue weighted by Crippen LogP contribution is -2.07. The molecule has 0 saturated carbocycles. The van der Waals surface area contributed by atoms with Crippen LogP contribution < -0.4 is 4.74 Å². The zero-order valence-corrected chi connectivity index (χ0v) is 15.2. The van der Waals surface area contributed by atoms with Gasteiger partial charge in [-0.1, -0.05) is 22.0 Å². The summed E-state index contributed by atoms with van der Waals surface area (Å²) in [5, 5.41) is 0. The molecule has 0 aromatic heterocycles. The number of aryl methyl sites for hydroxylation is 1. The second-order valence-corrected chi connectivity index (χ2v) is 6.62. The molecule has 2 rings (SSSR count). The topological polar surface area (TPSA) is 26.3 Å². The smallest absolute Gasteiger partial charge is 0.197 e. The van der Waals surface area contributed by atoms with E-state index in [0.717, 1.165) is 19.2 Å². The molecule has 0 unspecified atom stereocenters. The van der Waals surface area contributed by atoms with Gasteiger partial charge in [-0.3, -0.25) is 4.79 Å². The van der Waals surface area contributed by atoms with Crippen molar-refractivity contribution in [2.24, 2.45) is 0 Å². The number of carbonyl (C=O) groups is 1. The van der Waals surface area contributed by atoms with Crippen LogP contribution in [0.1, 0.15) is 27.0 Å². The van der Waals surface area contributed by atoms with Crippen molar-refractivity contribution in [2.45, 2.75) is 13.8 Å². The summed E-state index contributed by atoms with van der Waals surface area (Å²) in [5.74, 6) is 0.640. The van der Waals surface area contributed by atoms with Gasteiger partial charge in [0, 0.05) is 13.6 Å². The van der Waals surface area contributed by atoms with E-state index >= 15 is 0 Å². The molecule has 0 aliphatic carbocycles. The normalized spacial score (nSPS) is 10.4. The van der Waals surface area contributed by atoms with Gasteiger partial charge in [-0.2, -0.15) is 0 Å². The zero-order chi connectivity index (χ0) is 14.9. The third-order valence-corrected chi connectivity index (χ3v) is 4.73. The minimum absolute atomic E-state index is 0.0179. The summed E-state index contributed by atoms with van der Waals surface area (Å²) in [6, 6.07) is 9.48. The highest BCUT2D eigenvalue weighted by molar-refractivity contribution is 14.1. The van der Waals surface area contributed by atoms with Crippen LogP contribution in [0.3, 0.4) is 0 Å². The minimum atomic E-state index is -0.0179. The average Bonchev–Trinajstić information content (AvgIpc) is 2.43. The predicted octanol–water partition coefficient (Wildman–Crippen LogP) is 4.91. The van der Waals surface area contributed by atoms with Gasteiger partial charge in [0.1, 0.15) is 5.75 Å². The summed E-state index contributed by atoms with van der Waals surface area (Å²) in [6.45, 7) is 3.98. The second kappa shape index (κ2) is 6.26. The minimum Gasteiger partial charge on any atom is -0.496 e. The number of hydrogen-bond donors (Lipinski definition) is 0. The number of hydrogen-bond acceptors (Lipinski definition) is 2. The van der Waals surface area contributed by atoms with Crippen molar-refractivity contribution in [1.82, 2.24) is 0 Å². The fraction of sp³-hybridized carbons (Fsp3) is 0.188. The first-order valence-electron chi connectivity index (χ1n) is 6.09. The molecule has 104 valence electrons. The predicted molar refractivity (Wildman–Crippen MR) is 92.8 cm³/mol. The largest absolute Gasteiger partial charge is 0.496 e. The van der Waals surface area contributed by atoms with Crippen LogP contribution in [-0.4, -0.2) is 12.9 Å². The molecule has 0 saturated heterocycles. The van der Waals surface area contributed by atoms with Crippen molar-refractivity contribution in [1.29, 1.82) is 0 Å². The zero-order valence-electron chi connectivity index (χ0n) is 11.5. The molecule has 0 aliphatic heterocycles. The Morgan fingerprint density at radius 2 is 1.85 bits per heavy atom. The van der Waals surface area contributed by atoms with Gasteiger partial charge in [0.15, 0.2) is 5.78 Å². The number of benzene rings is 2. The molecule has 0 heterocycles. The van der Waals surface area contributed by atoms with E-state index in [1.165, 1.54) is 0 Å². The molecule has 0 bridgehead atoms. The fourth-order valence-corrected chi connectivity index (χ4v) is 2.99. The van der Waals surface area contributed by atoms with E-state index in [-0.39, 0.29) is 5.78 Å². The summed E-state index contributed by atoms with van der Waals surface area (Å²) < 4.78 is 7.25. The van der Waals surface area contributed by atoms with Crippen LogP contribution in [0.2, 0.25) is 0 Å². The van der Waals surface area contributed by atoms with Gasteiger partial charge in [-0.25, -0.2) is 0 Å². The number of ketones is 1. The van der Waals surface area contributed by atoms with Crippen molar-refractivity contribution < 1.29 is 9.53 Å². The van der Waals surface area contributed by atoms with Crippen LogP contribution in [0.4, 0.5) is 0 Å². The van der Waals surface area contributed by atoms with E-state index in [2.05, 4.69) is 38.5 Å². The Morgan fingerprint density at radius 3 is 2.50 bits per heavy atom. The molecule has 20 heavy (non-hydrogen) atoms. The van der Waals surface area contributed by atoms with Gasteiger partial charge in [0.2, 0.25) is 0 Å². The van der Waals surface area contributed by atoms with Gasteiger partial charge in [0.25, 0.3) is 0 Å². The van der Waals surface area contributed by atoms with E-state index < -0.39 is 0 Å². The summed E-state index contributed by atoms with van der Waals surface area (Å²) in [6.07, 6.45) is 0. The van der Waals surface area contributed by atoms with Crippen LogP contribution in [-0.2, 0) is 0 Å². The van der Waals surface area contributed by atoms with Gasteiger partial charge in [-0.05, 0) is 71.8 Å². The van der Waals surface area contributed by atoms with E-state index in [1.807, 2.05) is 44.2 Å². The Hall–Kier alpha value is -0.880. The molecule has 0 atom stereocenters. The lowest BCUT2D eigenvalue weighted by molar-refractivity contribution is 0.103. The third-order valence-electron chi connectivity index (χ3n) is 3.30. The molecule has 0 aliphatic rings. The maximum Gasteiger partial charge on any atom is 0.197 e. The number of ether oxygens (including phenoxy) is 1. The molecular formula is C16H14BrIO2. The van der Waals surface area contributed by atoms with Crippen molar-refractivity contribution in [3.8, 4) is 5.75 Å². The van der Waals surface area contributed by atoms with E-state index in [9.17, 15) is 4.79 Å². The van der Waals surface area contributed by atoms with E-state index in [1.54, 1.807) is 7.11 Å². The molecule has 2 aromatic carbocycles. The second-order valence-electron chi connectivity index (χ2n) is 4.54. The van der Waals surface area contributed by atoms with Gasteiger partial charge >= 0.3 is 0 Å². The fourth-order valence-electron chi connectivity index (χ4n) is 2.05. The molecule has 0 fully saturated rings. The third kappa shape index (κ3) is 2.91. The molecule has 0 N–H and O–H groups in total.